The summed E-state index contributed by atoms with van der Waals surface area (Å²) in [5.41, 5.74) is 8.23. The first kappa shape index (κ1) is 15.1. The van der Waals surface area contributed by atoms with Gasteiger partial charge >= 0.3 is 0 Å². The third-order valence-corrected chi connectivity index (χ3v) is 3.73. The van der Waals surface area contributed by atoms with Gasteiger partial charge in [-0.05, 0) is 29.3 Å². The molecule has 3 N–H and O–H groups in total. The van der Waals surface area contributed by atoms with E-state index in [-0.39, 0.29) is 11.1 Å². The molecule has 5 heteroatoms. The number of rotatable bonds is 3. The van der Waals surface area contributed by atoms with E-state index >= 15 is 0 Å². The number of hydrogen-bond acceptors (Lipinski definition) is 2. The van der Waals surface area contributed by atoms with Crippen LogP contribution >= 0.6 is 11.6 Å². The molecule has 1 heterocycles. The summed E-state index contributed by atoms with van der Waals surface area (Å²) in [4.78, 5) is 11.5. The maximum atomic E-state index is 11.5. The topological polar surface area (TPSA) is 71.9 Å². The SMILES string of the molecule is N=c1c(C(N)=O)cc(Cl)cn1-c1cccc(-c2ccccc2)c1. The highest BCUT2D eigenvalue weighted by molar-refractivity contribution is 6.30. The molecule has 0 spiro atoms. The van der Waals surface area contributed by atoms with Crippen molar-refractivity contribution in [1.29, 1.82) is 5.41 Å². The van der Waals surface area contributed by atoms with Gasteiger partial charge in [0.05, 0.1) is 10.6 Å². The average molecular weight is 324 g/mol. The number of nitrogens with two attached hydrogens (primary N) is 1. The molecule has 3 rings (SSSR count). The van der Waals surface area contributed by atoms with Gasteiger partial charge in [0, 0.05) is 11.9 Å². The number of hydrogen-bond donors (Lipinski definition) is 2. The van der Waals surface area contributed by atoms with Crippen molar-refractivity contribution in [3.63, 3.8) is 0 Å². The first-order valence-electron chi connectivity index (χ1n) is 6.99. The molecule has 1 aromatic heterocycles. The number of halogens is 1. The molecule has 3 aromatic rings. The van der Waals surface area contributed by atoms with E-state index in [1.165, 1.54) is 6.07 Å². The Morgan fingerprint density at radius 2 is 1.70 bits per heavy atom. The zero-order valence-corrected chi connectivity index (χ0v) is 12.9. The Morgan fingerprint density at radius 3 is 2.39 bits per heavy atom. The first-order chi connectivity index (χ1) is 11.1. The summed E-state index contributed by atoms with van der Waals surface area (Å²) in [6.45, 7) is 0. The van der Waals surface area contributed by atoms with Crippen LogP contribution in [0.25, 0.3) is 16.8 Å². The third-order valence-electron chi connectivity index (χ3n) is 3.53. The summed E-state index contributed by atoms with van der Waals surface area (Å²) in [6.07, 6.45) is 1.60. The van der Waals surface area contributed by atoms with E-state index in [4.69, 9.17) is 22.7 Å². The number of amides is 1. The van der Waals surface area contributed by atoms with Crippen molar-refractivity contribution in [2.24, 2.45) is 5.73 Å². The molecule has 0 saturated heterocycles. The molecule has 0 saturated carbocycles. The molecule has 0 atom stereocenters. The van der Waals surface area contributed by atoms with Crippen molar-refractivity contribution in [2.75, 3.05) is 0 Å². The summed E-state index contributed by atoms with van der Waals surface area (Å²) in [5, 5.41) is 8.54. The van der Waals surface area contributed by atoms with E-state index in [0.29, 0.717) is 5.02 Å². The highest BCUT2D eigenvalue weighted by Gasteiger charge is 2.10. The van der Waals surface area contributed by atoms with Gasteiger partial charge in [0.1, 0.15) is 5.49 Å². The lowest BCUT2D eigenvalue weighted by Gasteiger charge is -2.11. The fourth-order valence-corrected chi connectivity index (χ4v) is 2.63. The lowest BCUT2D eigenvalue weighted by Crippen LogP contribution is -2.28. The molecule has 23 heavy (non-hydrogen) atoms. The van der Waals surface area contributed by atoms with Gasteiger partial charge < -0.3 is 10.3 Å². The second kappa shape index (κ2) is 6.10. The minimum atomic E-state index is -0.675. The second-order valence-corrected chi connectivity index (χ2v) is 5.51. The van der Waals surface area contributed by atoms with Gasteiger partial charge in [0.2, 0.25) is 0 Å². The number of carbonyl (C=O) groups is 1. The number of nitrogens with one attached hydrogen (secondary N) is 1. The smallest absolute Gasteiger partial charge is 0.252 e. The molecule has 0 radical (unpaired) electrons. The Morgan fingerprint density at radius 1 is 1.00 bits per heavy atom. The van der Waals surface area contributed by atoms with E-state index in [1.807, 2.05) is 54.6 Å². The largest absolute Gasteiger partial charge is 0.365 e. The Labute approximate surface area is 138 Å². The summed E-state index contributed by atoms with van der Waals surface area (Å²) in [6, 6.07) is 19.0. The molecule has 0 aliphatic heterocycles. The summed E-state index contributed by atoms with van der Waals surface area (Å²) in [5.74, 6) is -0.675. The van der Waals surface area contributed by atoms with Crippen LogP contribution < -0.4 is 11.2 Å². The van der Waals surface area contributed by atoms with Crippen molar-refractivity contribution < 1.29 is 4.79 Å². The van der Waals surface area contributed by atoms with Gasteiger partial charge in [-0.3, -0.25) is 10.2 Å². The summed E-state index contributed by atoms with van der Waals surface area (Å²) >= 11 is 6.06. The van der Waals surface area contributed by atoms with Gasteiger partial charge in [-0.2, -0.15) is 0 Å². The Hall–Kier alpha value is -2.85. The van der Waals surface area contributed by atoms with E-state index in [2.05, 4.69) is 0 Å². The van der Waals surface area contributed by atoms with Crippen LogP contribution in [0.4, 0.5) is 0 Å². The minimum absolute atomic E-state index is 0.00658. The molecule has 4 nitrogen and oxygen atoms in total. The lowest BCUT2D eigenvalue weighted by atomic mass is 10.1. The minimum Gasteiger partial charge on any atom is -0.365 e. The maximum Gasteiger partial charge on any atom is 0.252 e. The van der Waals surface area contributed by atoms with E-state index in [1.54, 1.807) is 10.8 Å². The molecule has 1 amide bonds. The van der Waals surface area contributed by atoms with Crippen LogP contribution in [0.5, 0.6) is 0 Å². The molecule has 0 fully saturated rings. The number of primary amides is 1. The van der Waals surface area contributed by atoms with E-state index in [9.17, 15) is 4.79 Å². The third kappa shape index (κ3) is 3.03. The van der Waals surface area contributed by atoms with Crippen LogP contribution in [-0.4, -0.2) is 10.5 Å². The summed E-state index contributed by atoms with van der Waals surface area (Å²) < 4.78 is 1.55. The second-order valence-electron chi connectivity index (χ2n) is 5.07. The lowest BCUT2D eigenvalue weighted by molar-refractivity contribution is 0.0998. The standard InChI is InChI=1S/C18H14ClN3O/c19-14-10-16(18(21)23)17(20)22(11-14)15-8-4-7-13(9-15)12-5-2-1-3-6-12/h1-11,20H,(H2,21,23). The van der Waals surface area contributed by atoms with Crippen LogP contribution in [0, 0.1) is 5.41 Å². The quantitative estimate of drug-likeness (QED) is 0.762. The summed E-state index contributed by atoms with van der Waals surface area (Å²) in [7, 11) is 0. The molecule has 0 unspecified atom stereocenters. The molecule has 2 aromatic carbocycles. The highest BCUT2D eigenvalue weighted by atomic mass is 35.5. The Balaban J connectivity index is 2.17. The zero-order chi connectivity index (χ0) is 16.4. The van der Waals surface area contributed by atoms with E-state index < -0.39 is 5.91 Å². The van der Waals surface area contributed by atoms with Crippen molar-refractivity contribution in [3.05, 3.63) is 82.9 Å². The molecule has 114 valence electrons. The van der Waals surface area contributed by atoms with Crippen molar-refractivity contribution in [3.8, 4) is 16.8 Å². The number of benzene rings is 2. The van der Waals surface area contributed by atoms with Gasteiger partial charge in [-0.15, -0.1) is 0 Å². The number of pyridine rings is 1. The van der Waals surface area contributed by atoms with Crippen LogP contribution in [0.2, 0.25) is 5.02 Å². The van der Waals surface area contributed by atoms with Gasteiger partial charge in [0.15, 0.2) is 0 Å². The molecular formula is C18H14ClN3O. The number of carbonyl (C=O) groups excluding carboxylic acids is 1. The molecule has 0 bridgehead atoms. The highest BCUT2D eigenvalue weighted by Crippen LogP contribution is 2.22. The Kier molecular flexibility index (Phi) is 4.00. The average Bonchev–Trinajstić information content (AvgIpc) is 2.57. The zero-order valence-electron chi connectivity index (χ0n) is 12.2. The predicted molar refractivity (Wildman–Crippen MR) is 90.6 cm³/mol. The maximum absolute atomic E-state index is 11.5. The van der Waals surface area contributed by atoms with Crippen LogP contribution in [0.3, 0.4) is 0 Å². The van der Waals surface area contributed by atoms with Crippen molar-refractivity contribution >= 4 is 17.5 Å². The predicted octanol–water partition coefficient (Wildman–Crippen LogP) is 3.38. The number of aromatic nitrogens is 1. The number of nitrogens with zero attached hydrogens (tertiary/aromatic N) is 1. The van der Waals surface area contributed by atoms with Gasteiger partial charge in [-0.25, -0.2) is 0 Å². The fourth-order valence-electron chi connectivity index (χ4n) is 2.42. The molecule has 0 aliphatic rings. The van der Waals surface area contributed by atoms with Crippen LogP contribution in [0.15, 0.2) is 66.9 Å². The Bertz CT molecular complexity index is 932. The fraction of sp³-hybridized carbons (Fsp3) is 0. The van der Waals surface area contributed by atoms with Crippen molar-refractivity contribution in [1.82, 2.24) is 4.57 Å². The first-order valence-corrected chi connectivity index (χ1v) is 7.36. The van der Waals surface area contributed by atoms with Crippen molar-refractivity contribution in [2.45, 2.75) is 0 Å². The van der Waals surface area contributed by atoms with Crippen LogP contribution in [0.1, 0.15) is 10.4 Å². The molecular weight excluding hydrogens is 310 g/mol. The normalized spacial score (nSPS) is 10.5. The van der Waals surface area contributed by atoms with Gasteiger partial charge in [-0.1, -0.05) is 54.1 Å². The van der Waals surface area contributed by atoms with Gasteiger partial charge in [0.25, 0.3) is 5.91 Å². The van der Waals surface area contributed by atoms with E-state index in [0.717, 1.165) is 16.8 Å². The molecule has 0 aliphatic carbocycles. The van der Waals surface area contributed by atoms with Crippen LogP contribution in [-0.2, 0) is 0 Å². The monoisotopic (exact) mass is 323 g/mol.